The highest BCUT2D eigenvalue weighted by atomic mass is 16.1. The normalized spacial score (nSPS) is 15.4. The number of aromatic nitrogens is 1. The molecule has 2 rings (SSSR count). The molecule has 0 fully saturated rings. The van der Waals surface area contributed by atoms with Crippen LogP contribution in [0.15, 0.2) is 28.3 Å². The number of ketones is 2. The van der Waals surface area contributed by atoms with Gasteiger partial charge in [0.1, 0.15) is 0 Å². The molecule has 1 aromatic rings. The number of nitrogens with zero attached hydrogens (tertiary/aromatic N) is 1. The van der Waals surface area contributed by atoms with Crippen molar-refractivity contribution in [3.05, 3.63) is 45.0 Å². The van der Waals surface area contributed by atoms with Gasteiger partial charge < -0.3 is 10.3 Å². The van der Waals surface area contributed by atoms with Crippen LogP contribution in [0.25, 0.3) is 0 Å². The Morgan fingerprint density at radius 3 is 2.38 bits per heavy atom. The zero-order chi connectivity index (χ0) is 12.0. The topological polar surface area (TPSA) is 82.2 Å². The van der Waals surface area contributed by atoms with Crippen molar-refractivity contribution in [2.75, 3.05) is 0 Å². The van der Waals surface area contributed by atoms with Crippen LogP contribution < -0.4 is 11.3 Å². The molecular formula is C11H10N2O3. The summed E-state index contributed by atoms with van der Waals surface area (Å²) < 4.78 is 1.25. The van der Waals surface area contributed by atoms with Crippen molar-refractivity contribution in [3.8, 4) is 0 Å². The Labute approximate surface area is 91.2 Å². The Morgan fingerprint density at radius 1 is 1.12 bits per heavy atom. The Morgan fingerprint density at radius 2 is 1.75 bits per heavy atom. The molecular weight excluding hydrogens is 208 g/mol. The predicted molar refractivity (Wildman–Crippen MR) is 57.2 cm³/mol. The molecule has 82 valence electrons. The van der Waals surface area contributed by atoms with Crippen molar-refractivity contribution in [3.63, 3.8) is 0 Å². The number of nitrogens with two attached hydrogens (primary N) is 1. The molecule has 1 aromatic heterocycles. The van der Waals surface area contributed by atoms with E-state index >= 15 is 0 Å². The van der Waals surface area contributed by atoms with Crippen LogP contribution >= 0.6 is 0 Å². The van der Waals surface area contributed by atoms with E-state index in [9.17, 15) is 14.4 Å². The van der Waals surface area contributed by atoms with Crippen LogP contribution in [0.1, 0.15) is 27.6 Å². The maximum Gasteiger partial charge on any atom is 0.251 e. The van der Waals surface area contributed by atoms with E-state index in [0.29, 0.717) is 0 Å². The largest absolute Gasteiger partial charge is 0.395 e. The molecule has 0 saturated heterocycles. The van der Waals surface area contributed by atoms with Gasteiger partial charge in [-0.15, -0.1) is 0 Å². The Bertz CT molecular complexity index is 608. The van der Waals surface area contributed by atoms with Gasteiger partial charge in [0.25, 0.3) is 5.56 Å². The number of carbonyl (C=O) groups excluding carboxylic acids is 2. The summed E-state index contributed by atoms with van der Waals surface area (Å²) in [6.45, 7) is 1.48. The van der Waals surface area contributed by atoms with Crippen LogP contribution in [0.4, 0.5) is 0 Å². The van der Waals surface area contributed by atoms with Gasteiger partial charge in [-0.05, 0) is 6.92 Å². The maximum absolute atomic E-state index is 11.8. The van der Waals surface area contributed by atoms with E-state index in [1.54, 1.807) is 0 Å². The zero-order valence-corrected chi connectivity index (χ0v) is 8.90. The van der Waals surface area contributed by atoms with Crippen LogP contribution in [-0.4, -0.2) is 16.1 Å². The number of hydrogen-bond donors (Lipinski definition) is 1. The first-order valence-corrected chi connectivity index (χ1v) is 4.70. The summed E-state index contributed by atoms with van der Waals surface area (Å²) in [4.78, 5) is 35.0. The van der Waals surface area contributed by atoms with Gasteiger partial charge >= 0.3 is 0 Å². The second-order valence-corrected chi connectivity index (χ2v) is 3.75. The summed E-state index contributed by atoms with van der Waals surface area (Å²) in [5.74, 6) is -0.757. The van der Waals surface area contributed by atoms with Crippen molar-refractivity contribution in [2.45, 2.75) is 6.92 Å². The second-order valence-electron chi connectivity index (χ2n) is 3.75. The molecule has 0 radical (unpaired) electrons. The van der Waals surface area contributed by atoms with Gasteiger partial charge in [0.2, 0.25) is 5.78 Å². The molecule has 16 heavy (non-hydrogen) atoms. The van der Waals surface area contributed by atoms with Gasteiger partial charge in [0.05, 0.1) is 11.3 Å². The molecule has 0 spiro atoms. The molecule has 0 bridgehead atoms. The number of carbonyl (C=O) groups is 2. The lowest BCUT2D eigenvalue weighted by Crippen LogP contribution is -2.29. The third kappa shape index (κ3) is 1.21. The summed E-state index contributed by atoms with van der Waals surface area (Å²) in [6, 6.07) is 1.17. The minimum atomic E-state index is -0.400. The molecule has 5 nitrogen and oxygen atoms in total. The van der Waals surface area contributed by atoms with Crippen molar-refractivity contribution < 1.29 is 9.59 Å². The Balaban J connectivity index is 2.82. The molecule has 2 N–H and O–H groups in total. The minimum absolute atomic E-state index is 0.0452. The molecule has 0 amide bonds. The maximum atomic E-state index is 11.8. The third-order valence-corrected chi connectivity index (χ3v) is 2.71. The zero-order valence-electron chi connectivity index (χ0n) is 8.90. The molecule has 1 aliphatic carbocycles. The van der Waals surface area contributed by atoms with Crippen molar-refractivity contribution in [1.82, 2.24) is 4.57 Å². The minimum Gasteiger partial charge on any atom is -0.395 e. The van der Waals surface area contributed by atoms with E-state index in [0.717, 1.165) is 0 Å². The fourth-order valence-electron chi connectivity index (χ4n) is 1.64. The number of rotatable bonds is 0. The third-order valence-electron chi connectivity index (χ3n) is 2.71. The van der Waals surface area contributed by atoms with E-state index < -0.39 is 5.78 Å². The van der Waals surface area contributed by atoms with Gasteiger partial charge in [-0.2, -0.15) is 0 Å². The summed E-state index contributed by atoms with van der Waals surface area (Å²) in [6.07, 6.45) is 1.34. The first kappa shape index (κ1) is 10.4. The summed E-state index contributed by atoms with van der Waals surface area (Å²) in [7, 11) is 1.52. The number of fused-ring (bicyclic) bond motifs is 1. The number of Topliss-reactive ketones (excluding diaryl/α,β-unsaturated/α-hetero) is 2. The lowest BCUT2D eigenvalue weighted by Gasteiger charge is -2.16. The van der Waals surface area contributed by atoms with E-state index in [4.69, 9.17) is 5.73 Å². The summed E-state index contributed by atoms with van der Waals surface area (Å²) in [5, 5.41) is 0. The van der Waals surface area contributed by atoms with Crippen molar-refractivity contribution in [2.24, 2.45) is 12.8 Å². The number of aryl methyl sites for hydroxylation is 1. The van der Waals surface area contributed by atoms with Gasteiger partial charge in [-0.1, -0.05) is 0 Å². The quantitative estimate of drug-likeness (QED) is 0.664. The lowest BCUT2D eigenvalue weighted by atomic mass is 9.89. The van der Waals surface area contributed by atoms with Crippen LogP contribution in [0.5, 0.6) is 0 Å². The average Bonchev–Trinajstić information content (AvgIpc) is 2.26. The highest BCUT2D eigenvalue weighted by molar-refractivity contribution is 6.26. The first-order valence-electron chi connectivity index (χ1n) is 4.70. The molecule has 5 heteroatoms. The molecule has 1 heterocycles. The van der Waals surface area contributed by atoms with Crippen LogP contribution in [0, 0.1) is 0 Å². The summed E-state index contributed by atoms with van der Waals surface area (Å²) >= 11 is 0. The van der Waals surface area contributed by atoms with E-state index in [-0.39, 0.29) is 33.7 Å². The number of hydrogen-bond acceptors (Lipinski definition) is 4. The fourth-order valence-corrected chi connectivity index (χ4v) is 1.64. The summed E-state index contributed by atoms with van der Waals surface area (Å²) in [5.41, 5.74) is 5.69. The van der Waals surface area contributed by atoms with Gasteiger partial charge in [-0.25, -0.2) is 0 Å². The average molecular weight is 218 g/mol. The van der Waals surface area contributed by atoms with E-state index in [1.807, 2.05) is 0 Å². The van der Waals surface area contributed by atoms with Crippen molar-refractivity contribution in [1.29, 1.82) is 0 Å². The van der Waals surface area contributed by atoms with Gasteiger partial charge in [-0.3, -0.25) is 14.4 Å². The van der Waals surface area contributed by atoms with E-state index in [1.165, 1.54) is 30.8 Å². The standard InChI is InChI=1S/C11H10N2O3/c1-5-9(12)11(16)7-4-13(2)8(14)3-6(7)10(5)15/h3-4H,12H2,1-2H3. The molecule has 1 aliphatic rings. The monoisotopic (exact) mass is 218 g/mol. The predicted octanol–water partition coefficient (Wildman–Crippen LogP) is -0.00300. The Kier molecular flexibility index (Phi) is 2.05. The van der Waals surface area contributed by atoms with E-state index in [2.05, 4.69) is 0 Å². The van der Waals surface area contributed by atoms with Crippen LogP contribution in [-0.2, 0) is 7.05 Å². The fraction of sp³-hybridized carbons (Fsp3) is 0.182. The van der Waals surface area contributed by atoms with Crippen LogP contribution in [0.3, 0.4) is 0 Å². The van der Waals surface area contributed by atoms with Crippen LogP contribution in [0.2, 0.25) is 0 Å². The first-order chi connectivity index (χ1) is 7.43. The highest BCUT2D eigenvalue weighted by Gasteiger charge is 2.29. The molecule has 0 aromatic carbocycles. The SMILES string of the molecule is CC1=C(N)C(=O)c2cn(C)c(=O)cc2C1=O. The second kappa shape index (κ2) is 3.16. The smallest absolute Gasteiger partial charge is 0.251 e. The van der Waals surface area contributed by atoms with Gasteiger partial charge in [0.15, 0.2) is 5.78 Å². The molecule has 0 unspecified atom stereocenters. The lowest BCUT2D eigenvalue weighted by molar-refractivity contribution is 0.0972. The Hall–Kier alpha value is -2.17. The highest BCUT2D eigenvalue weighted by Crippen LogP contribution is 2.21. The molecule has 0 atom stereocenters. The number of pyridine rings is 1. The van der Waals surface area contributed by atoms with Gasteiger partial charge in [0, 0.05) is 30.4 Å². The molecule has 0 saturated carbocycles. The van der Waals surface area contributed by atoms with Crippen molar-refractivity contribution >= 4 is 11.6 Å². The number of allylic oxidation sites excluding steroid dienone is 2. The molecule has 0 aliphatic heterocycles.